The molecule has 2 heterocycles. The van der Waals surface area contributed by atoms with Gasteiger partial charge in [0.25, 0.3) is 0 Å². The summed E-state index contributed by atoms with van der Waals surface area (Å²) in [4.78, 5) is 14.7. The molecule has 0 atom stereocenters. The van der Waals surface area contributed by atoms with Gasteiger partial charge in [-0.25, -0.2) is 9.37 Å². The van der Waals surface area contributed by atoms with E-state index < -0.39 is 0 Å². The molecule has 0 fully saturated rings. The first-order chi connectivity index (χ1) is 7.29. The lowest BCUT2D eigenvalue weighted by molar-refractivity contribution is 0.111. The number of fused-ring (bicyclic) bond motifs is 3. The van der Waals surface area contributed by atoms with Gasteiger partial charge in [-0.05, 0) is 6.07 Å². The average Bonchev–Trinajstić information content (AvgIpc) is 2.76. The van der Waals surface area contributed by atoms with Crippen molar-refractivity contribution in [2.75, 3.05) is 0 Å². The van der Waals surface area contributed by atoms with Crippen LogP contribution in [-0.4, -0.2) is 15.8 Å². The van der Waals surface area contributed by atoms with E-state index >= 15 is 0 Å². The van der Waals surface area contributed by atoms with Crippen LogP contribution in [0.15, 0.2) is 24.4 Å². The highest BCUT2D eigenvalue weighted by atomic mass is 19.1. The maximum Gasteiger partial charge on any atom is 0.170 e. The van der Waals surface area contributed by atoms with Gasteiger partial charge in [0.15, 0.2) is 6.29 Å². The highest BCUT2D eigenvalue weighted by molar-refractivity contribution is 5.75. The Morgan fingerprint density at radius 1 is 1.47 bits per heavy atom. The number of halogens is 1. The van der Waals surface area contributed by atoms with E-state index in [1.54, 1.807) is 16.8 Å². The molecule has 4 heteroatoms. The van der Waals surface area contributed by atoms with E-state index in [2.05, 4.69) is 4.98 Å². The number of carbonyl (C=O) groups excluding carboxylic acids is 1. The summed E-state index contributed by atoms with van der Waals surface area (Å²) in [6.45, 7) is 0.457. The molecule has 0 bridgehead atoms. The SMILES string of the molecule is O=Cc1cn2c(n1)-c1cccc(F)c1C2. The predicted octanol–water partition coefficient (Wildman–Crippen LogP) is 1.86. The molecule has 2 aromatic rings. The minimum Gasteiger partial charge on any atom is -0.326 e. The zero-order valence-electron chi connectivity index (χ0n) is 7.77. The van der Waals surface area contributed by atoms with E-state index in [1.807, 2.05) is 6.07 Å². The van der Waals surface area contributed by atoms with Crippen LogP contribution in [0.3, 0.4) is 0 Å². The van der Waals surface area contributed by atoms with Gasteiger partial charge in [0.2, 0.25) is 0 Å². The normalized spacial score (nSPS) is 12.3. The van der Waals surface area contributed by atoms with Gasteiger partial charge < -0.3 is 4.57 Å². The highest BCUT2D eigenvalue weighted by Crippen LogP contribution is 2.32. The lowest BCUT2D eigenvalue weighted by Gasteiger charge is -1.97. The summed E-state index contributed by atoms with van der Waals surface area (Å²) in [7, 11) is 0. The summed E-state index contributed by atoms with van der Waals surface area (Å²) < 4.78 is 15.2. The Hall–Kier alpha value is -1.97. The number of carbonyl (C=O) groups is 1. The van der Waals surface area contributed by atoms with Crippen LogP contribution in [0.25, 0.3) is 11.4 Å². The second kappa shape index (κ2) is 2.76. The van der Waals surface area contributed by atoms with Crippen molar-refractivity contribution in [1.29, 1.82) is 0 Å². The maximum atomic E-state index is 13.4. The Morgan fingerprint density at radius 3 is 3.13 bits per heavy atom. The summed E-state index contributed by atoms with van der Waals surface area (Å²) in [5.74, 6) is 0.456. The van der Waals surface area contributed by atoms with Crippen LogP contribution < -0.4 is 0 Å². The molecule has 0 amide bonds. The predicted molar refractivity (Wildman–Crippen MR) is 52.1 cm³/mol. The lowest BCUT2D eigenvalue weighted by atomic mass is 10.1. The van der Waals surface area contributed by atoms with Crippen LogP contribution in [0.1, 0.15) is 16.1 Å². The Morgan fingerprint density at radius 2 is 2.33 bits per heavy atom. The number of benzene rings is 1. The van der Waals surface area contributed by atoms with Gasteiger partial charge in [0, 0.05) is 17.3 Å². The fourth-order valence-electron chi connectivity index (χ4n) is 1.93. The van der Waals surface area contributed by atoms with Crippen LogP contribution in [-0.2, 0) is 6.54 Å². The fraction of sp³-hybridized carbons (Fsp3) is 0.0909. The van der Waals surface area contributed by atoms with E-state index in [9.17, 15) is 9.18 Å². The van der Waals surface area contributed by atoms with Crippen LogP contribution >= 0.6 is 0 Å². The molecule has 0 unspecified atom stereocenters. The largest absolute Gasteiger partial charge is 0.326 e. The molecule has 0 aliphatic carbocycles. The highest BCUT2D eigenvalue weighted by Gasteiger charge is 2.23. The van der Waals surface area contributed by atoms with Gasteiger partial charge >= 0.3 is 0 Å². The van der Waals surface area contributed by atoms with Crippen molar-refractivity contribution in [3.63, 3.8) is 0 Å². The number of imidazole rings is 1. The van der Waals surface area contributed by atoms with Crippen LogP contribution in [0.4, 0.5) is 4.39 Å². The van der Waals surface area contributed by atoms with E-state index in [0.29, 0.717) is 29.9 Å². The maximum absolute atomic E-state index is 13.4. The third kappa shape index (κ3) is 1.05. The Kier molecular flexibility index (Phi) is 1.54. The Bertz CT molecular complexity index is 560. The van der Waals surface area contributed by atoms with Gasteiger partial charge in [-0.1, -0.05) is 12.1 Å². The molecular formula is C11H7FN2O. The van der Waals surface area contributed by atoms with E-state index in [1.165, 1.54) is 6.07 Å². The first-order valence-corrected chi connectivity index (χ1v) is 4.59. The molecule has 3 rings (SSSR count). The smallest absolute Gasteiger partial charge is 0.170 e. The number of aromatic nitrogens is 2. The first kappa shape index (κ1) is 8.35. The third-order valence-corrected chi connectivity index (χ3v) is 2.60. The number of nitrogens with zero attached hydrogens (tertiary/aromatic N) is 2. The lowest BCUT2D eigenvalue weighted by Crippen LogP contribution is -1.92. The molecule has 0 saturated heterocycles. The van der Waals surface area contributed by atoms with Crippen molar-refractivity contribution in [3.8, 4) is 11.4 Å². The fourth-order valence-corrected chi connectivity index (χ4v) is 1.93. The second-order valence-electron chi connectivity index (χ2n) is 3.50. The molecule has 0 radical (unpaired) electrons. The van der Waals surface area contributed by atoms with Gasteiger partial charge in [-0.15, -0.1) is 0 Å². The molecular weight excluding hydrogens is 195 g/mol. The first-order valence-electron chi connectivity index (χ1n) is 4.59. The minimum atomic E-state index is -0.217. The molecule has 74 valence electrons. The molecule has 1 aliphatic heterocycles. The van der Waals surface area contributed by atoms with E-state index in [-0.39, 0.29) is 5.82 Å². The summed E-state index contributed by atoms with van der Waals surface area (Å²) in [5, 5.41) is 0. The minimum absolute atomic E-state index is 0.217. The van der Waals surface area contributed by atoms with Crippen molar-refractivity contribution in [1.82, 2.24) is 9.55 Å². The molecule has 3 nitrogen and oxygen atoms in total. The quantitative estimate of drug-likeness (QED) is 0.564. The van der Waals surface area contributed by atoms with Crippen molar-refractivity contribution in [2.45, 2.75) is 6.54 Å². The van der Waals surface area contributed by atoms with Crippen molar-refractivity contribution in [3.05, 3.63) is 41.5 Å². The zero-order chi connectivity index (χ0) is 10.4. The molecule has 15 heavy (non-hydrogen) atoms. The molecule has 1 aromatic carbocycles. The number of hydrogen-bond acceptors (Lipinski definition) is 2. The second-order valence-corrected chi connectivity index (χ2v) is 3.50. The summed E-state index contributed by atoms with van der Waals surface area (Å²) >= 11 is 0. The number of hydrogen-bond donors (Lipinski definition) is 0. The zero-order valence-corrected chi connectivity index (χ0v) is 7.77. The van der Waals surface area contributed by atoms with E-state index in [0.717, 1.165) is 5.56 Å². The molecule has 0 saturated carbocycles. The van der Waals surface area contributed by atoms with Crippen LogP contribution in [0, 0.1) is 5.82 Å². The molecule has 1 aromatic heterocycles. The average molecular weight is 202 g/mol. The number of aldehydes is 1. The van der Waals surface area contributed by atoms with Gasteiger partial charge in [-0.2, -0.15) is 0 Å². The Labute approximate surface area is 85.2 Å². The summed E-state index contributed by atoms with van der Waals surface area (Å²) in [6, 6.07) is 4.91. The number of rotatable bonds is 1. The van der Waals surface area contributed by atoms with Gasteiger partial charge in [0.05, 0.1) is 6.54 Å². The molecule has 0 N–H and O–H groups in total. The monoisotopic (exact) mass is 202 g/mol. The van der Waals surface area contributed by atoms with Crippen molar-refractivity contribution < 1.29 is 9.18 Å². The van der Waals surface area contributed by atoms with Crippen LogP contribution in [0.5, 0.6) is 0 Å². The van der Waals surface area contributed by atoms with Crippen LogP contribution in [0.2, 0.25) is 0 Å². The molecule has 0 spiro atoms. The van der Waals surface area contributed by atoms with Crippen molar-refractivity contribution in [2.24, 2.45) is 0 Å². The summed E-state index contributed by atoms with van der Waals surface area (Å²) in [6.07, 6.45) is 2.34. The topological polar surface area (TPSA) is 34.9 Å². The molecule has 1 aliphatic rings. The summed E-state index contributed by atoms with van der Waals surface area (Å²) in [5.41, 5.74) is 1.82. The Balaban J connectivity index is 2.25. The van der Waals surface area contributed by atoms with Gasteiger partial charge in [-0.3, -0.25) is 4.79 Å². The standard InChI is InChI=1S/C11H7FN2O/c12-10-3-1-2-8-9(10)5-14-4-7(6-15)13-11(8)14/h1-4,6H,5H2. The van der Waals surface area contributed by atoms with Crippen molar-refractivity contribution >= 4 is 6.29 Å². The third-order valence-electron chi connectivity index (χ3n) is 2.60. The van der Waals surface area contributed by atoms with E-state index in [4.69, 9.17) is 0 Å². The van der Waals surface area contributed by atoms with Gasteiger partial charge in [0.1, 0.15) is 17.3 Å².